The van der Waals surface area contributed by atoms with Gasteiger partial charge in [-0.2, -0.15) is 0 Å². The maximum absolute atomic E-state index is 3.98. The number of rotatable bonds is 21. The van der Waals surface area contributed by atoms with Crippen LogP contribution in [0, 0.1) is 11.8 Å². The molecule has 8 rings (SSSR count). The summed E-state index contributed by atoms with van der Waals surface area (Å²) in [5.74, 6) is 1.61. The van der Waals surface area contributed by atoms with Crippen LogP contribution in [0.25, 0.3) is 44.3 Å². The highest BCUT2D eigenvalue weighted by molar-refractivity contribution is 9.11. The SMILES string of the molecule is CCCCCCCCCCC1CCc2c(c3cccc(Br)c3n2-c2ccc(-c3ccc(-n4c5c(c6cccc(Br)c64)CC(CCCCCCCCCC)CC5)cc3)cc2)C1. The van der Waals surface area contributed by atoms with Crippen molar-refractivity contribution in [2.24, 2.45) is 11.8 Å². The summed E-state index contributed by atoms with van der Waals surface area (Å²) in [5, 5.41) is 2.87. The monoisotopic (exact) mass is 928 g/mol. The predicted octanol–water partition coefficient (Wildman–Crippen LogP) is 18.0. The van der Waals surface area contributed by atoms with Crippen molar-refractivity contribution < 1.29 is 0 Å². The molecule has 4 aromatic carbocycles. The first kappa shape index (κ1) is 43.6. The van der Waals surface area contributed by atoms with E-state index >= 15 is 0 Å². The van der Waals surface area contributed by atoms with Crippen LogP contribution in [0.2, 0.25) is 0 Å². The molecule has 2 aromatic heterocycles. The van der Waals surface area contributed by atoms with Crippen molar-refractivity contribution in [3.05, 3.63) is 116 Å². The Morgan fingerprint density at radius 2 is 0.817 bits per heavy atom. The van der Waals surface area contributed by atoms with Crippen molar-refractivity contribution in [2.45, 2.75) is 168 Å². The van der Waals surface area contributed by atoms with E-state index in [4.69, 9.17) is 0 Å². The van der Waals surface area contributed by atoms with Gasteiger partial charge in [0, 0.05) is 42.5 Å². The largest absolute Gasteiger partial charge is 0.312 e. The maximum Gasteiger partial charge on any atom is 0.0676 e. The first-order chi connectivity index (χ1) is 29.6. The van der Waals surface area contributed by atoms with Gasteiger partial charge in [-0.15, -0.1) is 0 Å². The molecule has 0 saturated carbocycles. The average Bonchev–Trinajstić information content (AvgIpc) is 3.79. The topological polar surface area (TPSA) is 9.86 Å². The summed E-state index contributed by atoms with van der Waals surface area (Å²) in [6.07, 6.45) is 32.5. The molecule has 2 nitrogen and oxygen atoms in total. The lowest BCUT2D eigenvalue weighted by atomic mass is 9.83. The molecule has 0 aliphatic heterocycles. The zero-order chi connectivity index (χ0) is 41.3. The molecule has 0 saturated heterocycles. The predicted molar refractivity (Wildman–Crippen MR) is 266 cm³/mol. The minimum atomic E-state index is 0.804. The van der Waals surface area contributed by atoms with E-state index in [1.165, 1.54) is 206 Å². The van der Waals surface area contributed by atoms with Gasteiger partial charge in [0.25, 0.3) is 0 Å². The molecule has 2 heterocycles. The van der Waals surface area contributed by atoms with Crippen LogP contribution in [0.3, 0.4) is 0 Å². The fourth-order valence-electron chi connectivity index (χ4n) is 11.1. The molecule has 0 radical (unpaired) electrons. The van der Waals surface area contributed by atoms with Crippen LogP contribution in [-0.2, 0) is 25.7 Å². The molecule has 0 N–H and O–H groups in total. The Bertz CT molecular complexity index is 2130. The summed E-state index contributed by atoms with van der Waals surface area (Å²) in [6, 6.07) is 32.4. The Morgan fingerprint density at radius 1 is 0.450 bits per heavy atom. The molecule has 6 aromatic rings. The highest BCUT2D eigenvalue weighted by atomic mass is 79.9. The fraction of sp³-hybridized carbons (Fsp3) is 0.500. The van der Waals surface area contributed by atoms with Gasteiger partial charge >= 0.3 is 0 Å². The second-order valence-electron chi connectivity index (χ2n) is 18.6. The lowest BCUT2D eigenvalue weighted by molar-refractivity contribution is 0.401. The van der Waals surface area contributed by atoms with Crippen LogP contribution < -0.4 is 0 Å². The summed E-state index contributed by atoms with van der Waals surface area (Å²) < 4.78 is 7.54. The quantitative estimate of drug-likeness (QED) is 0.0637. The molecular weight excluding hydrogens is 860 g/mol. The van der Waals surface area contributed by atoms with Crippen LogP contribution >= 0.6 is 31.9 Å². The van der Waals surface area contributed by atoms with Crippen molar-refractivity contribution in [1.29, 1.82) is 0 Å². The Hall–Kier alpha value is -3.08. The van der Waals surface area contributed by atoms with Crippen molar-refractivity contribution in [1.82, 2.24) is 9.13 Å². The number of unbranched alkanes of at least 4 members (excludes halogenated alkanes) is 14. The first-order valence-electron chi connectivity index (χ1n) is 24.4. The number of aromatic nitrogens is 2. The van der Waals surface area contributed by atoms with Gasteiger partial charge in [0.15, 0.2) is 0 Å². The van der Waals surface area contributed by atoms with Gasteiger partial charge in [0.2, 0.25) is 0 Å². The smallest absolute Gasteiger partial charge is 0.0676 e. The van der Waals surface area contributed by atoms with E-state index in [0.29, 0.717) is 0 Å². The summed E-state index contributed by atoms with van der Waals surface area (Å²) in [6.45, 7) is 4.62. The second-order valence-corrected chi connectivity index (χ2v) is 20.3. The van der Waals surface area contributed by atoms with Gasteiger partial charge < -0.3 is 9.13 Å². The van der Waals surface area contributed by atoms with E-state index in [-0.39, 0.29) is 0 Å². The van der Waals surface area contributed by atoms with Gasteiger partial charge in [0.05, 0.1) is 11.0 Å². The van der Waals surface area contributed by atoms with E-state index in [1.54, 1.807) is 11.1 Å². The van der Waals surface area contributed by atoms with Crippen LogP contribution in [-0.4, -0.2) is 9.13 Å². The van der Waals surface area contributed by atoms with Gasteiger partial charge in [0.1, 0.15) is 0 Å². The lowest BCUT2D eigenvalue weighted by Gasteiger charge is -2.24. The molecule has 2 aliphatic carbocycles. The highest BCUT2D eigenvalue weighted by Gasteiger charge is 2.28. The average molecular weight is 931 g/mol. The second kappa shape index (κ2) is 21.3. The van der Waals surface area contributed by atoms with Crippen molar-refractivity contribution >= 4 is 53.7 Å². The van der Waals surface area contributed by atoms with Gasteiger partial charge in [-0.1, -0.05) is 178 Å². The molecule has 0 bridgehead atoms. The number of halogens is 2. The molecule has 2 atom stereocenters. The van der Waals surface area contributed by atoms with E-state index in [1.807, 2.05) is 0 Å². The summed E-state index contributed by atoms with van der Waals surface area (Å²) in [5.41, 5.74) is 14.0. The molecule has 60 heavy (non-hydrogen) atoms. The summed E-state index contributed by atoms with van der Waals surface area (Å²) >= 11 is 7.97. The number of nitrogens with zero attached hydrogens (tertiary/aromatic N) is 2. The van der Waals surface area contributed by atoms with E-state index in [9.17, 15) is 0 Å². The van der Waals surface area contributed by atoms with Gasteiger partial charge in [-0.05, 0) is 141 Å². The highest BCUT2D eigenvalue weighted by Crippen LogP contribution is 2.43. The Labute approximate surface area is 379 Å². The molecule has 0 fully saturated rings. The number of benzene rings is 4. The third-order valence-corrected chi connectivity index (χ3v) is 15.7. The van der Waals surface area contributed by atoms with E-state index in [2.05, 4.69) is 140 Å². The zero-order valence-corrected chi connectivity index (χ0v) is 40.0. The summed E-state index contributed by atoms with van der Waals surface area (Å²) in [4.78, 5) is 0. The molecule has 0 amide bonds. The maximum atomic E-state index is 3.98. The van der Waals surface area contributed by atoms with E-state index < -0.39 is 0 Å². The third kappa shape index (κ3) is 9.91. The Morgan fingerprint density at radius 3 is 1.20 bits per heavy atom. The van der Waals surface area contributed by atoms with Gasteiger partial charge in [-0.25, -0.2) is 0 Å². The molecular formula is C56H70Br2N2. The normalized spacial score (nSPS) is 16.5. The van der Waals surface area contributed by atoms with Gasteiger partial charge in [-0.3, -0.25) is 0 Å². The van der Waals surface area contributed by atoms with Crippen LogP contribution in [0.15, 0.2) is 93.9 Å². The lowest BCUT2D eigenvalue weighted by Crippen LogP contribution is -2.16. The first-order valence-corrected chi connectivity index (χ1v) is 26.0. The number of hydrogen-bond donors (Lipinski definition) is 0. The van der Waals surface area contributed by atoms with Crippen LogP contribution in [0.5, 0.6) is 0 Å². The number of para-hydroxylation sites is 2. The van der Waals surface area contributed by atoms with Crippen LogP contribution in [0.1, 0.15) is 165 Å². The number of hydrogen-bond acceptors (Lipinski definition) is 0. The van der Waals surface area contributed by atoms with Crippen LogP contribution in [0.4, 0.5) is 0 Å². The zero-order valence-electron chi connectivity index (χ0n) is 36.9. The third-order valence-electron chi connectivity index (χ3n) is 14.4. The fourth-order valence-corrected chi connectivity index (χ4v) is 12.2. The standard InChI is InChI=1S/C56H70Br2N2/c1-3-5-7-9-11-13-15-17-21-41-27-37-53-49(39-41)47-23-19-25-51(57)55(47)59(53)45-33-29-43(30-34-45)44-31-35-46(36-32-44)60-54-38-28-42(22-18-16-14-12-10-8-6-4-2)40-50(54)48-24-20-26-52(58)56(48)60/h19-20,23-26,29-36,41-42H,3-18,21-22,27-28,37-40H2,1-2H3. The molecule has 4 heteroatoms. The van der Waals surface area contributed by atoms with Crippen molar-refractivity contribution in [3.8, 4) is 22.5 Å². The Kier molecular flexibility index (Phi) is 15.5. The van der Waals surface area contributed by atoms with E-state index in [0.717, 1.165) is 24.7 Å². The summed E-state index contributed by atoms with van der Waals surface area (Å²) in [7, 11) is 0. The molecule has 2 aliphatic rings. The minimum Gasteiger partial charge on any atom is -0.312 e. The Balaban J connectivity index is 0.955. The molecule has 0 spiro atoms. The molecule has 318 valence electrons. The number of fused-ring (bicyclic) bond motifs is 6. The minimum absolute atomic E-state index is 0.804. The molecule has 2 unspecified atom stereocenters. The van der Waals surface area contributed by atoms with Crippen molar-refractivity contribution in [3.63, 3.8) is 0 Å². The van der Waals surface area contributed by atoms with Crippen molar-refractivity contribution in [2.75, 3.05) is 0 Å².